The molecule has 1 atom stereocenters. The average molecular weight is 209 g/mol. The van der Waals surface area contributed by atoms with Crippen LogP contribution in [0.5, 0.6) is 0 Å². The molecule has 15 heavy (non-hydrogen) atoms. The van der Waals surface area contributed by atoms with E-state index < -0.39 is 0 Å². The zero-order valence-corrected chi connectivity index (χ0v) is 10.5. The van der Waals surface area contributed by atoms with Crippen molar-refractivity contribution in [1.82, 2.24) is 15.1 Å². The first kappa shape index (κ1) is 12.2. The molecule has 0 amide bonds. The normalized spacial score (nSPS) is 14.2. The summed E-state index contributed by atoms with van der Waals surface area (Å²) in [5, 5.41) is 7.90. The molecule has 0 fully saturated rings. The third kappa shape index (κ3) is 4.47. The second-order valence-electron chi connectivity index (χ2n) is 5.25. The van der Waals surface area contributed by atoms with Crippen molar-refractivity contribution < 1.29 is 0 Å². The van der Waals surface area contributed by atoms with Crippen molar-refractivity contribution in [3.8, 4) is 0 Å². The van der Waals surface area contributed by atoms with E-state index in [1.165, 1.54) is 0 Å². The van der Waals surface area contributed by atoms with E-state index in [0.717, 1.165) is 18.7 Å². The molecule has 86 valence electrons. The lowest BCUT2D eigenvalue weighted by Crippen LogP contribution is -2.37. The van der Waals surface area contributed by atoms with Crippen molar-refractivity contribution in [2.45, 2.75) is 52.6 Å². The van der Waals surface area contributed by atoms with E-state index in [4.69, 9.17) is 0 Å². The largest absolute Gasteiger partial charge is 0.312 e. The van der Waals surface area contributed by atoms with Crippen molar-refractivity contribution in [2.75, 3.05) is 6.54 Å². The summed E-state index contributed by atoms with van der Waals surface area (Å²) in [6.45, 7) is 11.8. The Bertz CT molecular complexity index is 296. The van der Waals surface area contributed by atoms with Gasteiger partial charge in [0.25, 0.3) is 0 Å². The molecule has 0 aliphatic carbocycles. The van der Waals surface area contributed by atoms with Gasteiger partial charge in [0, 0.05) is 11.7 Å². The van der Waals surface area contributed by atoms with Crippen LogP contribution in [0.4, 0.5) is 0 Å². The lowest BCUT2D eigenvalue weighted by molar-refractivity contribution is 0.379. The monoisotopic (exact) mass is 209 g/mol. The maximum atomic E-state index is 4.41. The van der Waals surface area contributed by atoms with Gasteiger partial charge in [0.15, 0.2) is 0 Å². The van der Waals surface area contributed by atoms with Crippen LogP contribution in [0.25, 0.3) is 0 Å². The Morgan fingerprint density at radius 2 is 2.13 bits per heavy atom. The Labute approximate surface area is 92.9 Å². The summed E-state index contributed by atoms with van der Waals surface area (Å²) in [4.78, 5) is 0. The van der Waals surface area contributed by atoms with Crippen LogP contribution in [0.15, 0.2) is 12.3 Å². The van der Waals surface area contributed by atoms with Gasteiger partial charge < -0.3 is 5.32 Å². The summed E-state index contributed by atoms with van der Waals surface area (Å²) in [5.74, 6) is 0. The van der Waals surface area contributed by atoms with Gasteiger partial charge in [0.05, 0.1) is 11.7 Å². The Morgan fingerprint density at radius 3 is 2.60 bits per heavy atom. The fourth-order valence-corrected chi connectivity index (χ4v) is 1.47. The van der Waals surface area contributed by atoms with Gasteiger partial charge in [-0.2, -0.15) is 5.10 Å². The van der Waals surface area contributed by atoms with Crippen LogP contribution >= 0.6 is 0 Å². The molecule has 1 unspecified atom stereocenters. The van der Waals surface area contributed by atoms with E-state index in [1.807, 2.05) is 17.7 Å². The predicted molar refractivity (Wildman–Crippen MR) is 64.0 cm³/mol. The highest BCUT2D eigenvalue weighted by molar-refractivity contribution is 4.95. The maximum Gasteiger partial charge on any atom is 0.0593 e. The van der Waals surface area contributed by atoms with Crippen LogP contribution in [-0.4, -0.2) is 21.9 Å². The number of aromatic nitrogens is 2. The standard InChI is InChI=1S/C12H23N3/c1-10-7-9-15(14-10)11(2)6-8-13-12(3,4)5/h7,9,11,13H,6,8H2,1-5H3. The first-order valence-corrected chi connectivity index (χ1v) is 5.65. The second-order valence-corrected chi connectivity index (χ2v) is 5.25. The molecule has 0 saturated heterocycles. The third-order valence-electron chi connectivity index (χ3n) is 2.41. The zero-order valence-electron chi connectivity index (χ0n) is 10.5. The Kier molecular flexibility index (Phi) is 3.91. The predicted octanol–water partition coefficient (Wildman–Crippen LogP) is 2.53. The molecule has 1 aromatic heterocycles. The lowest BCUT2D eigenvalue weighted by Gasteiger charge is -2.22. The minimum atomic E-state index is 0.208. The number of hydrogen-bond acceptors (Lipinski definition) is 2. The van der Waals surface area contributed by atoms with Crippen molar-refractivity contribution in [3.05, 3.63) is 18.0 Å². The molecular formula is C12H23N3. The minimum Gasteiger partial charge on any atom is -0.312 e. The Balaban J connectivity index is 2.34. The second kappa shape index (κ2) is 4.79. The lowest BCUT2D eigenvalue weighted by atomic mass is 10.1. The Hall–Kier alpha value is -0.830. The number of nitrogens with zero attached hydrogens (tertiary/aromatic N) is 2. The molecule has 0 aliphatic heterocycles. The molecule has 0 saturated carbocycles. The molecular weight excluding hydrogens is 186 g/mol. The van der Waals surface area contributed by atoms with Crippen LogP contribution in [0.1, 0.15) is 45.9 Å². The summed E-state index contributed by atoms with van der Waals surface area (Å²) in [7, 11) is 0. The van der Waals surface area contributed by atoms with Crippen molar-refractivity contribution >= 4 is 0 Å². The minimum absolute atomic E-state index is 0.208. The van der Waals surface area contributed by atoms with Crippen LogP contribution in [0.3, 0.4) is 0 Å². The van der Waals surface area contributed by atoms with Gasteiger partial charge in [0.1, 0.15) is 0 Å². The smallest absolute Gasteiger partial charge is 0.0593 e. The van der Waals surface area contributed by atoms with Gasteiger partial charge in [-0.25, -0.2) is 0 Å². The SMILES string of the molecule is Cc1ccn(C(C)CCNC(C)(C)C)n1. The van der Waals surface area contributed by atoms with Crippen LogP contribution in [0, 0.1) is 6.92 Å². The van der Waals surface area contributed by atoms with E-state index in [0.29, 0.717) is 6.04 Å². The van der Waals surface area contributed by atoms with Gasteiger partial charge in [-0.05, 0) is 53.7 Å². The fraction of sp³-hybridized carbons (Fsp3) is 0.750. The highest BCUT2D eigenvalue weighted by atomic mass is 15.3. The molecule has 3 heteroatoms. The zero-order chi connectivity index (χ0) is 11.5. The molecule has 0 aromatic carbocycles. The summed E-state index contributed by atoms with van der Waals surface area (Å²) < 4.78 is 2.04. The van der Waals surface area contributed by atoms with E-state index >= 15 is 0 Å². The van der Waals surface area contributed by atoms with Gasteiger partial charge in [-0.1, -0.05) is 0 Å². The van der Waals surface area contributed by atoms with E-state index in [9.17, 15) is 0 Å². The number of nitrogens with one attached hydrogen (secondary N) is 1. The summed E-state index contributed by atoms with van der Waals surface area (Å²) in [6, 6.07) is 2.52. The van der Waals surface area contributed by atoms with E-state index in [-0.39, 0.29) is 5.54 Å². The first-order chi connectivity index (χ1) is 6.88. The first-order valence-electron chi connectivity index (χ1n) is 5.65. The van der Waals surface area contributed by atoms with Crippen molar-refractivity contribution in [3.63, 3.8) is 0 Å². The van der Waals surface area contributed by atoms with Gasteiger partial charge in [-0.15, -0.1) is 0 Å². The highest BCUT2D eigenvalue weighted by Crippen LogP contribution is 2.10. The molecule has 1 heterocycles. The van der Waals surface area contributed by atoms with Crippen molar-refractivity contribution in [1.29, 1.82) is 0 Å². The van der Waals surface area contributed by atoms with Crippen LogP contribution < -0.4 is 5.32 Å². The summed E-state index contributed by atoms with van der Waals surface area (Å²) in [5.41, 5.74) is 1.30. The number of rotatable bonds is 4. The molecule has 1 aromatic rings. The van der Waals surface area contributed by atoms with E-state index in [1.54, 1.807) is 0 Å². The Morgan fingerprint density at radius 1 is 1.47 bits per heavy atom. The van der Waals surface area contributed by atoms with E-state index in [2.05, 4.69) is 44.3 Å². The quantitative estimate of drug-likeness (QED) is 0.826. The summed E-state index contributed by atoms with van der Waals surface area (Å²) in [6.07, 6.45) is 3.16. The summed E-state index contributed by atoms with van der Waals surface area (Å²) >= 11 is 0. The molecule has 1 rings (SSSR count). The van der Waals surface area contributed by atoms with Gasteiger partial charge in [-0.3, -0.25) is 4.68 Å². The number of hydrogen-bond donors (Lipinski definition) is 1. The highest BCUT2D eigenvalue weighted by Gasteiger charge is 2.10. The maximum absolute atomic E-state index is 4.41. The van der Waals surface area contributed by atoms with Crippen LogP contribution in [0.2, 0.25) is 0 Å². The molecule has 1 N–H and O–H groups in total. The average Bonchev–Trinajstić information content (AvgIpc) is 2.49. The topological polar surface area (TPSA) is 29.9 Å². The van der Waals surface area contributed by atoms with Gasteiger partial charge >= 0.3 is 0 Å². The van der Waals surface area contributed by atoms with Crippen LogP contribution in [-0.2, 0) is 0 Å². The van der Waals surface area contributed by atoms with Gasteiger partial charge in [0.2, 0.25) is 0 Å². The molecule has 0 aliphatic rings. The fourth-order valence-electron chi connectivity index (χ4n) is 1.47. The molecule has 0 radical (unpaired) electrons. The number of aryl methyl sites for hydroxylation is 1. The molecule has 0 bridgehead atoms. The third-order valence-corrected chi connectivity index (χ3v) is 2.41. The molecule has 0 spiro atoms. The van der Waals surface area contributed by atoms with Crippen molar-refractivity contribution in [2.24, 2.45) is 0 Å². The molecule has 3 nitrogen and oxygen atoms in total.